The number of anilines is 2. The van der Waals surface area contributed by atoms with Gasteiger partial charge in [0.15, 0.2) is 0 Å². The number of benzene rings is 8. The molecule has 0 spiro atoms. The molecule has 0 saturated heterocycles. The highest BCUT2D eigenvalue weighted by molar-refractivity contribution is 7.26. The van der Waals surface area contributed by atoms with Crippen LogP contribution in [-0.4, -0.2) is 4.57 Å². The van der Waals surface area contributed by atoms with Gasteiger partial charge in [0.1, 0.15) is 0 Å². The van der Waals surface area contributed by atoms with Crippen molar-refractivity contribution in [1.82, 2.24) is 4.57 Å². The second-order valence-corrected chi connectivity index (χ2v) is 15.9. The van der Waals surface area contributed by atoms with E-state index in [2.05, 4.69) is 222 Å². The third kappa shape index (κ3) is 5.78. The van der Waals surface area contributed by atoms with E-state index in [9.17, 15) is 0 Å². The van der Waals surface area contributed by atoms with Crippen LogP contribution in [-0.2, 0) is 0 Å². The number of fused-ring (bicyclic) bond motifs is 6. The van der Waals surface area contributed by atoms with Crippen molar-refractivity contribution in [2.24, 2.45) is 0 Å². The van der Waals surface area contributed by atoms with Crippen molar-refractivity contribution in [3.63, 3.8) is 0 Å². The van der Waals surface area contributed by atoms with E-state index in [1.165, 1.54) is 86.9 Å². The summed E-state index contributed by atoms with van der Waals surface area (Å²) in [4.78, 5) is 2.45. The minimum atomic E-state index is 0.372. The average Bonchev–Trinajstić information content (AvgIpc) is 3.84. The molecule has 11 rings (SSSR count). The SMILES string of the molecule is C1=CC(c2ccccc2)CC=C1N(c1ccc(-c2ccc(-c3cccc4c3c3ccccc3n4-c3ccccc3)cc2)cc1)c1cccc2c1sc1ccccc12. The van der Waals surface area contributed by atoms with E-state index >= 15 is 0 Å². The Kier molecular flexibility index (Phi) is 8.19. The Morgan fingerprint density at radius 1 is 0.509 bits per heavy atom. The molecule has 8 aromatic carbocycles. The average molecular weight is 747 g/mol. The van der Waals surface area contributed by atoms with Crippen molar-refractivity contribution >= 4 is 64.7 Å². The molecule has 0 radical (unpaired) electrons. The van der Waals surface area contributed by atoms with E-state index < -0.39 is 0 Å². The van der Waals surface area contributed by atoms with Gasteiger partial charge < -0.3 is 9.47 Å². The number of aromatic nitrogens is 1. The quantitative estimate of drug-likeness (QED) is 0.158. The fourth-order valence-electron chi connectivity index (χ4n) is 8.82. The lowest BCUT2D eigenvalue weighted by Crippen LogP contribution is -2.17. The van der Waals surface area contributed by atoms with Crippen LogP contribution in [0.1, 0.15) is 17.9 Å². The Hall–Kier alpha value is -6.94. The lowest BCUT2D eigenvalue weighted by atomic mass is 9.91. The van der Waals surface area contributed by atoms with Gasteiger partial charge in [-0.15, -0.1) is 11.3 Å². The molecule has 2 aromatic heterocycles. The summed E-state index contributed by atoms with van der Waals surface area (Å²) in [7, 11) is 0. The summed E-state index contributed by atoms with van der Waals surface area (Å²) in [6, 6.07) is 70.7. The Balaban J connectivity index is 0.958. The van der Waals surface area contributed by atoms with Crippen LogP contribution >= 0.6 is 11.3 Å². The zero-order valence-electron chi connectivity index (χ0n) is 31.3. The van der Waals surface area contributed by atoms with Crippen molar-refractivity contribution in [3.8, 4) is 27.9 Å². The molecule has 270 valence electrons. The van der Waals surface area contributed by atoms with Crippen LogP contribution < -0.4 is 4.90 Å². The molecule has 10 aromatic rings. The predicted octanol–water partition coefficient (Wildman–Crippen LogP) is 15.3. The molecular formula is C54H38N2S. The highest BCUT2D eigenvalue weighted by Gasteiger charge is 2.22. The molecule has 0 saturated carbocycles. The van der Waals surface area contributed by atoms with E-state index in [-0.39, 0.29) is 0 Å². The largest absolute Gasteiger partial charge is 0.309 e. The monoisotopic (exact) mass is 746 g/mol. The zero-order chi connectivity index (χ0) is 37.7. The summed E-state index contributed by atoms with van der Waals surface area (Å²) < 4.78 is 5.00. The fraction of sp³-hybridized carbons (Fsp3) is 0.0370. The Labute approximate surface area is 336 Å². The van der Waals surface area contributed by atoms with Gasteiger partial charge >= 0.3 is 0 Å². The Morgan fingerprint density at radius 3 is 1.91 bits per heavy atom. The lowest BCUT2D eigenvalue weighted by molar-refractivity contribution is 0.840. The number of thiophene rings is 1. The summed E-state index contributed by atoms with van der Waals surface area (Å²) in [5.41, 5.74) is 13.4. The van der Waals surface area contributed by atoms with Gasteiger partial charge in [0.2, 0.25) is 0 Å². The van der Waals surface area contributed by atoms with Gasteiger partial charge in [-0.25, -0.2) is 0 Å². The van der Waals surface area contributed by atoms with Gasteiger partial charge in [0.25, 0.3) is 0 Å². The van der Waals surface area contributed by atoms with Crippen LogP contribution in [0, 0.1) is 0 Å². The van der Waals surface area contributed by atoms with Crippen LogP contribution in [0.15, 0.2) is 218 Å². The van der Waals surface area contributed by atoms with E-state index in [1.807, 2.05) is 11.3 Å². The second kappa shape index (κ2) is 14.0. The first-order chi connectivity index (χ1) is 28.3. The van der Waals surface area contributed by atoms with Crippen LogP contribution in [0.5, 0.6) is 0 Å². The minimum Gasteiger partial charge on any atom is -0.309 e. The molecule has 0 bridgehead atoms. The summed E-state index contributed by atoms with van der Waals surface area (Å²) in [6.45, 7) is 0. The molecule has 3 heteroatoms. The zero-order valence-corrected chi connectivity index (χ0v) is 32.1. The van der Waals surface area contributed by atoms with Crippen LogP contribution in [0.3, 0.4) is 0 Å². The molecule has 0 fully saturated rings. The van der Waals surface area contributed by atoms with Crippen LogP contribution in [0.4, 0.5) is 11.4 Å². The second-order valence-electron chi connectivity index (χ2n) is 14.8. The molecular weight excluding hydrogens is 709 g/mol. The van der Waals surface area contributed by atoms with Gasteiger partial charge in [-0.1, -0.05) is 158 Å². The van der Waals surface area contributed by atoms with Gasteiger partial charge in [-0.2, -0.15) is 0 Å². The Bertz CT molecular complexity index is 3130. The molecule has 57 heavy (non-hydrogen) atoms. The topological polar surface area (TPSA) is 8.17 Å². The van der Waals surface area contributed by atoms with Crippen molar-refractivity contribution in [1.29, 1.82) is 0 Å². The van der Waals surface area contributed by atoms with E-state index in [4.69, 9.17) is 0 Å². The normalized spacial score (nSPS) is 14.1. The van der Waals surface area contributed by atoms with Gasteiger partial charge in [-0.3, -0.25) is 0 Å². The maximum Gasteiger partial charge on any atom is 0.0640 e. The summed E-state index contributed by atoms with van der Waals surface area (Å²) >= 11 is 1.88. The van der Waals surface area contributed by atoms with Crippen molar-refractivity contribution < 1.29 is 0 Å². The van der Waals surface area contributed by atoms with E-state index in [0.29, 0.717) is 5.92 Å². The molecule has 2 heterocycles. The number of nitrogens with zero attached hydrogens (tertiary/aromatic N) is 2. The summed E-state index contributed by atoms with van der Waals surface area (Å²) in [5.74, 6) is 0.372. The number of hydrogen-bond donors (Lipinski definition) is 0. The van der Waals surface area contributed by atoms with E-state index in [1.54, 1.807) is 0 Å². The molecule has 1 aliphatic rings. The van der Waals surface area contributed by atoms with Crippen LogP contribution in [0.25, 0.3) is 69.9 Å². The number of rotatable bonds is 7. The first kappa shape index (κ1) is 33.4. The third-order valence-electron chi connectivity index (χ3n) is 11.6. The molecule has 0 amide bonds. The predicted molar refractivity (Wildman–Crippen MR) is 244 cm³/mol. The van der Waals surface area contributed by atoms with E-state index in [0.717, 1.165) is 12.1 Å². The van der Waals surface area contributed by atoms with Crippen LogP contribution in [0.2, 0.25) is 0 Å². The number of allylic oxidation sites excluding steroid dienone is 3. The summed E-state index contributed by atoms with van der Waals surface area (Å²) in [5, 5.41) is 5.16. The maximum absolute atomic E-state index is 2.45. The molecule has 1 unspecified atom stereocenters. The Morgan fingerprint density at radius 2 is 1.14 bits per heavy atom. The number of para-hydroxylation sites is 2. The molecule has 2 nitrogen and oxygen atoms in total. The van der Waals surface area contributed by atoms with Crippen molar-refractivity contribution in [3.05, 3.63) is 224 Å². The molecule has 1 aliphatic carbocycles. The molecule has 0 aliphatic heterocycles. The molecule has 0 N–H and O–H groups in total. The van der Waals surface area contributed by atoms with Crippen molar-refractivity contribution in [2.75, 3.05) is 4.90 Å². The first-order valence-electron chi connectivity index (χ1n) is 19.7. The highest BCUT2D eigenvalue weighted by atomic mass is 32.1. The van der Waals surface area contributed by atoms with Crippen molar-refractivity contribution in [2.45, 2.75) is 12.3 Å². The summed E-state index contributed by atoms with van der Waals surface area (Å²) in [6.07, 6.45) is 8.06. The minimum absolute atomic E-state index is 0.372. The van der Waals surface area contributed by atoms with Gasteiger partial charge in [0.05, 0.1) is 21.4 Å². The maximum atomic E-state index is 2.45. The van der Waals surface area contributed by atoms with Gasteiger partial charge in [-0.05, 0) is 88.8 Å². The smallest absolute Gasteiger partial charge is 0.0640 e. The third-order valence-corrected chi connectivity index (χ3v) is 12.8. The lowest BCUT2D eigenvalue weighted by Gasteiger charge is -2.29. The number of hydrogen-bond acceptors (Lipinski definition) is 2. The highest BCUT2D eigenvalue weighted by Crippen LogP contribution is 2.45. The first-order valence-corrected chi connectivity index (χ1v) is 20.5. The standard InChI is InChI=1S/C54H38N2S/c1-3-13-37(14-4-1)39-29-33-43(34-30-39)55(51-23-12-20-47-46-17-8-10-24-52(46)57-54(47)51)44-35-31-40(32-36-44)38-25-27-41(28-26-38)45-19-11-22-50-53(45)48-18-7-9-21-49(48)56(50)42-15-5-2-6-16-42/h1-29,31-36,39H,30H2. The fourth-order valence-corrected chi connectivity index (χ4v) is 10.0. The molecule has 1 atom stereocenters. The van der Waals surface area contributed by atoms with Gasteiger partial charge in [0, 0.05) is 49.2 Å².